The van der Waals surface area contributed by atoms with Gasteiger partial charge in [0.15, 0.2) is 0 Å². The molecule has 2 N–H and O–H groups in total. The maximum absolute atomic E-state index is 13.3. The van der Waals surface area contributed by atoms with Gasteiger partial charge in [0, 0.05) is 19.7 Å². The van der Waals surface area contributed by atoms with Gasteiger partial charge >= 0.3 is 0 Å². The Balaban J connectivity index is 2.53. The van der Waals surface area contributed by atoms with Gasteiger partial charge in [-0.2, -0.15) is 0 Å². The summed E-state index contributed by atoms with van der Waals surface area (Å²) in [7, 11) is 2.92. The molecule has 0 fully saturated rings. The number of hydrogen-bond acceptors (Lipinski definition) is 4. The first-order chi connectivity index (χ1) is 13.6. The SMILES string of the molecule is C=C/C=C(F)\C=C\C(=S)N(C)NC(=O)CC(=O)NN(C)C(=S)c1cccc(F)c1. The summed E-state index contributed by atoms with van der Waals surface area (Å²) in [5.74, 6) is -2.30. The molecule has 0 unspecified atom stereocenters. The van der Waals surface area contributed by atoms with Crippen LogP contribution in [0.25, 0.3) is 0 Å². The number of benzene rings is 1. The molecule has 0 radical (unpaired) electrons. The molecule has 10 heteroatoms. The van der Waals surface area contributed by atoms with Crippen molar-refractivity contribution in [1.82, 2.24) is 20.9 Å². The van der Waals surface area contributed by atoms with E-state index in [4.69, 9.17) is 24.4 Å². The van der Waals surface area contributed by atoms with Crippen molar-refractivity contribution in [2.24, 2.45) is 0 Å². The summed E-state index contributed by atoms with van der Waals surface area (Å²) in [5, 5.41) is 2.38. The van der Waals surface area contributed by atoms with E-state index in [0.29, 0.717) is 5.56 Å². The minimum absolute atomic E-state index is 0.121. The van der Waals surface area contributed by atoms with Gasteiger partial charge in [-0.05, 0) is 30.4 Å². The lowest BCUT2D eigenvalue weighted by molar-refractivity contribution is -0.132. The molecule has 154 valence electrons. The Morgan fingerprint density at radius 3 is 2.34 bits per heavy atom. The van der Waals surface area contributed by atoms with Crippen molar-refractivity contribution in [3.8, 4) is 0 Å². The molecule has 0 aliphatic carbocycles. The fraction of sp³-hybridized carbons (Fsp3) is 0.158. The van der Waals surface area contributed by atoms with Crippen LogP contribution in [0.1, 0.15) is 12.0 Å². The summed E-state index contributed by atoms with van der Waals surface area (Å²) in [5.41, 5.74) is 5.21. The highest BCUT2D eigenvalue weighted by atomic mass is 32.1. The van der Waals surface area contributed by atoms with Gasteiger partial charge < -0.3 is 0 Å². The monoisotopic (exact) mass is 438 g/mol. The minimum atomic E-state index is -0.645. The first-order valence-corrected chi connectivity index (χ1v) is 9.02. The third-order valence-corrected chi connectivity index (χ3v) is 4.19. The summed E-state index contributed by atoms with van der Waals surface area (Å²) >= 11 is 10.2. The zero-order valence-corrected chi connectivity index (χ0v) is 17.4. The molecule has 0 aromatic heterocycles. The second-order valence-corrected chi connectivity index (χ2v) is 6.44. The largest absolute Gasteiger partial charge is 0.278 e. The summed E-state index contributed by atoms with van der Waals surface area (Å²) in [4.78, 5) is 24.3. The van der Waals surface area contributed by atoms with E-state index in [2.05, 4.69) is 17.4 Å². The second kappa shape index (κ2) is 11.8. The van der Waals surface area contributed by atoms with Crippen LogP contribution in [0, 0.1) is 5.82 Å². The van der Waals surface area contributed by atoms with Gasteiger partial charge in [-0.15, -0.1) is 0 Å². The van der Waals surface area contributed by atoms with E-state index >= 15 is 0 Å². The number of likely N-dealkylation sites (N-methyl/N-ethyl adjacent to an activating group) is 1. The van der Waals surface area contributed by atoms with Crippen LogP contribution in [0.3, 0.4) is 0 Å². The molecule has 0 aliphatic heterocycles. The Morgan fingerprint density at radius 1 is 1.14 bits per heavy atom. The highest BCUT2D eigenvalue weighted by Crippen LogP contribution is 2.07. The molecule has 0 atom stereocenters. The Hall–Kier alpha value is -2.98. The summed E-state index contributed by atoms with van der Waals surface area (Å²) in [6.45, 7) is 3.37. The topological polar surface area (TPSA) is 64.7 Å². The van der Waals surface area contributed by atoms with Crippen LogP contribution in [0.4, 0.5) is 8.78 Å². The number of carbonyl (C=O) groups excluding carboxylic acids is 2. The van der Waals surface area contributed by atoms with Crippen LogP contribution in [-0.2, 0) is 9.59 Å². The van der Waals surface area contributed by atoms with Gasteiger partial charge in [0.1, 0.15) is 28.0 Å². The zero-order chi connectivity index (χ0) is 22.0. The van der Waals surface area contributed by atoms with Crippen molar-refractivity contribution in [1.29, 1.82) is 0 Å². The Morgan fingerprint density at radius 2 is 1.76 bits per heavy atom. The van der Waals surface area contributed by atoms with Crippen LogP contribution in [0.15, 0.2) is 61.0 Å². The zero-order valence-electron chi connectivity index (χ0n) is 15.8. The van der Waals surface area contributed by atoms with Gasteiger partial charge in [0.25, 0.3) is 0 Å². The maximum Gasteiger partial charge on any atom is 0.248 e. The van der Waals surface area contributed by atoms with Crippen molar-refractivity contribution in [3.63, 3.8) is 0 Å². The van der Waals surface area contributed by atoms with Gasteiger partial charge in [0.05, 0.1) is 0 Å². The van der Waals surface area contributed by atoms with Crippen LogP contribution < -0.4 is 10.9 Å². The predicted octanol–water partition coefficient (Wildman–Crippen LogP) is 2.74. The predicted molar refractivity (Wildman–Crippen MR) is 116 cm³/mol. The highest BCUT2D eigenvalue weighted by molar-refractivity contribution is 7.80. The first kappa shape index (κ1) is 24.1. The Bertz CT molecular complexity index is 872. The minimum Gasteiger partial charge on any atom is -0.278 e. The number of hydrazine groups is 2. The fourth-order valence-corrected chi connectivity index (χ4v) is 2.24. The first-order valence-electron chi connectivity index (χ1n) is 8.20. The maximum atomic E-state index is 13.3. The van der Waals surface area contributed by atoms with Gasteiger partial charge in [-0.1, -0.05) is 49.2 Å². The number of nitrogens with one attached hydrogen (secondary N) is 2. The Labute approximate surface area is 178 Å². The third kappa shape index (κ3) is 8.71. The number of thiocarbonyl (C=S) groups is 2. The number of allylic oxidation sites excluding steroid dienone is 4. The number of hydrogen-bond donors (Lipinski definition) is 2. The van der Waals surface area contributed by atoms with E-state index < -0.39 is 29.9 Å². The van der Waals surface area contributed by atoms with E-state index in [9.17, 15) is 18.4 Å². The average molecular weight is 439 g/mol. The number of carbonyl (C=O) groups is 2. The van der Waals surface area contributed by atoms with Crippen molar-refractivity contribution in [2.45, 2.75) is 6.42 Å². The molecule has 0 saturated carbocycles. The normalized spacial score (nSPS) is 11.0. The molecule has 0 heterocycles. The molecule has 1 aromatic carbocycles. The molecule has 0 bridgehead atoms. The van der Waals surface area contributed by atoms with Crippen LogP contribution in [0.5, 0.6) is 0 Å². The average Bonchev–Trinajstić information content (AvgIpc) is 2.65. The molecule has 0 spiro atoms. The Kier molecular flexibility index (Phi) is 9.76. The second-order valence-electron chi connectivity index (χ2n) is 5.64. The van der Waals surface area contributed by atoms with Gasteiger partial charge in [-0.3, -0.25) is 30.5 Å². The van der Waals surface area contributed by atoms with Gasteiger partial charge in [0.2, 0.25) is 11.8 Å². The van der Waals surface area contributed by atoms with E-state index in [1.807, 2.05) is 0 Å². The molecule has 6 nitrogen and oxygen atoms in total. The van der Waals surface area contributed by atoms with Crippen LogP contribution in [0.2, 0.25) is 0 Å². The lowest BCUT2D eigenvalue weighted by Gasteiger charge is -2.22. The summed E-state index contributed by atoms with van der Waals surface area (Å²) in [6, 6.07) is 5.59. The molecule has 29 heavy (non-hydrogen) atoms. The van der Waals surface area contributed by atoms with E-state index in [1.54, 1.807) is 6.07 Å². The van der Waals surface area contributed by atoms with Crippen molar-refractivity contribution in [3.05, 3.63) is 72.4 Å². The molecule has 0 aliphatic rings. The number of nitrogens with zero attached hydrogens (tertiary/aromatic N) is 2. The van der Waals surface area contributed by atoms with Crippen LogP contribution in [-0.4, -0.2) is 45.9 Å². The highest BCUT2D eigenvalue weighted by Gasteiger charge is 2.15. The van der Waals surface area contributed by atoms with Crippen molar-refractivity contribution in [2.75, 3.05) is 14.1 Å². The summed E-state index contributed by atoms with van der Waals surface area (Å²) in [6.07, 6.45) is 4.30. The lowest BCUT2D eigenvalue weighted by Crippen LogP contribution is -2.47. The number of rotatable bonds is 6. The van der Waals surface area contributed by atoms with Crippen molar-refractivity contribution < 1.29 is 18.4 Å². The fourth-order valence-electron chi connectivity index (χ4n) is 1.95. The third-order valence-electron chi connectivity index (χ3n) is 3.27. The van der Waals surface area contributed by atoms with Gasteiger partial charge in [-0.25, -0.2) is 8.78 Å². The quantitative estimate of drug-likeness (QED) is 0.234. The standard InChI is InChI=1S/C19H20F2N4O2S2/c1-4-6-14(20)9-10-18(28)24(2)22-16(26)12-17(27)23-25(3)19(29)13-7-5-8-15(21)11-13/h4-11H,1,12H2,2-3H3,(H,22,26)(H,23,27)/b10-9+,14-6+. The molecular weight excluding hydrogens is 418 g/mol. The van der Waals surface area contributed by atoms with E-state index in [0.717, 1.165) is 12.2 Å². The molecular formula is C19H20F2N4O2S2. The molecule has 2 amide bonds. The smallest absolute Gasteiger partial charge is 0.248 e. The number of amides is 2. The molecule has 1 aromatic rings. The summed E-state index contributed by atoms with van der Waals surface area (Å²) < 4.78 is 26.5. The number of halogens is 2. The van der Waals surface area contributed by atoms with Crippen molar-refractivity contribution >= 4 is 46.2 Å². The van der Waals surface area contributed by atoms with E-state index in [1.165, 1.54) is 54.5 Å². The molecule has 0 saturated heterocycles. The van der Waals surface area contributed by atoms with E-state index in [-0.39, 0.29) is 9.98 Å². The van der Waals surface area contributed by atoms with Crippen LogP contribution >= 0.6 is 24.4 Å². The lowest BCUT2D eigenvalue weighted by atomic mass is 10.2. The molecule has 1 rings (SSSR count).